The summed E-state index contributed by atoms with van der Waals surface area (Å²) in [5.74, 6) is 0.206. The Bertz CT molecular complexity index is 990. The van der Waals surface area contributed by atoms with E-state index in [0.29, 0.717) is 5.76 Å². The van der Waals surface area contributed by atoms with Crippen LogP contribution in [-0.4, -0.2) is 21.0 Å². The summed E-state index contributed by atoms with van der Waals surface area (Å²) >= 11 is 5.94. The summed E-state index contributed by atoms with van der Waals surface area (Å²) in [6.07, 6.45) is -3.43. The molecule has 0 bridgehead atoms. The van der Waals surface area contributed by atoms with Crippen LogP contribution in [0.1, 0.15) is 21.8 Å². The molecular formula is C16H11ClF3N5O2. The van der Waals surface area contributed by atoms with Crippen LogP contribution >= 0.6 is 11.6 Å². The van der Waals surface area contributed by atoms with Crippen LogP contribution in [0.5, 0.6) is 0 Å². The van der Waals surface area contributed by atoms with Gasteiger partial charge in [0.2, 0.25) is 0 Å². The predicted molar refractivity (Wildman–Crippen MR) is 91.0 cm³/mol. The van der Waals surface area contributed by atoms with E-state index in [9.17, 15) is 18.0 Å². The number of carbonyl (C=O) groups is 1. The lowest BCUT2D eigenvalue weighted by Crippen LogP contribution is -2.14. The molecule has 2 heterocycles. The molecule has 0 aliphatic rings. The second-order valence-electron chi connectivity index (χ2n) is 5.38. The Hall–Kier alpha value is -3.14. The Morgan fingerprint density at radius 2 is 1.93 bits per heavy atom. The molecule has 0 unspecified atom stereocenters. The zero-order chi connectivity index (χ0) is 19.6. The number of benzene rings is 1. The number of anilines is 3. The smallest absolute Gasteiger partial charge is 0.360 e. The zero-order valence-corrected chi connectivity index (χ0v) is 14.4. The minimum absolute atomic E-state index is 0.0105. The van der Waals surface area contributed by atoms with E-state index < -0.39 is 17.6 Å². The first-order valence-electron chi connectivity index (χ1n) is 7.43. The van der Waals surface area contributed by atoms with Crippen molar-refractivity contribution < 1.29 is 22.5 Å². The number of rotatable bonds is 4. The van der Waals surface area contributed by atoms with E-state index in [4.69, 9.17) is 16.1 Å². The molecule has 0 atom stereocenters. The fourth-order valence-electron chi connectivity index (χ4n) is 2.09. The van der Waals surface area contributed by atoms with E-state index in [1.807, 2.05) is 0 Å². The molecule has 2 aromatic heterocycles. The van der Waals surface area contributed by atoms with Gasteiger partial charge in [-0.15, -0.1) is 0 Å². The van der Waals surface area contributed by atoms with Crippen LogP contribution in [0.4, 0.5) is 30.5 Å². The number of hydrogen-bond donors (Lipinski definition) is 2. The summed E-state index contributed by atoms with van der Waals surface area (Å²) in [4.78, 5) is 19.9. The van der Waals surface area contributed by atoms with Gasteiger partial charge >= 0.3 is 6.18 Å². The van der Waals surface area contributed by atoms with Gasteiger partial charge in [-0.2, -0.15) is 13.2 Å². The molecule has 2 N–H and O–H groups in total. The van der Waals surface area contributed by atoms with Crippen LogP contribution in [0.2, 0.25) is 5.02 Å². The monoisotopic (exact) mass is 397 g/mol. The zero-order valence-electron chi connectivity index (χ0n) is 13.6. The Balaban J connectivity index is 1.81. The highest BCUT2D eigenvalue weighted by Crippen LogP contribution is 2.34. The molecular weight excluding hydrogens is 387 g/mol. The highest BCUT2D eigenvalue weighted by Gasteiger charge is 2.31. The second-order valence-corrected chi connectivity index (χ2v) is 5.79. The number of amides is 1. The highest BCUT2D eigenvalue weighted by molar-refractivity contribution is 6.33. The number of alkyl halides is 3. The third-order valence-corrected chi connectivity index (χ3v) is 3.66. The van der Waals surface area contributed by atoms with Crippen molar-refractivity contribution in [3.8, 4) is 0 Å². The topological polar surface area (TPSA) is 92.9 Å². The van der Waals surface area contributed by atoms with Crippen molar-refractivity contribution in [2.75, 3.05) is 10.6 Å². The number of carbonyl (C=O) groups excluding carboxylic acids is 1. The molecule has 7 nitrogen and oxygen atoms in total. The van der Waals surface area contributed by atoms with Crippen LogP contribution in [0, 0.1) is 6.92 Å². The van der Waals surface area contributed by atoms with Crippen LogP contribution in [0.25, 0.3) is 0 Å². The fraction of sp³-hybridized carbons (Fsp3) is 0.125. The van der Waals surface area contributed by atoms with Gasteiger partial charge in [0.25, 0.3) is 5.91 Å². The lowest BCUT2D eigenvalue weighted by atomic mass is 10.2. The van der Waals surface area contributed by atoms with Gasteiger partial charge < -0.3 is 15.2 Å². The minimum atomic E-state index is -4.52. The maximum Gasteiger partial charge on any atom is 0.416 e. The van der Waals surface area contributed by atoms with Gasteiger partial charge in [-0.25, -0.2) is 9.97 Å². The number of halogens is 4. The molecule has 1 amide bonds. The van der Waals surface area contributed by atoms with E-state index in [1.54, 1.807) is 6.92 Å². The van der Waals surface area contributed by atoms with E-state index in [-0.39, 0.29) is 28.0 Å². The molecule has 0 aliphatic carbocycles. The molecule has 27 heavy (non-hydrogen) atoms. The SMILES string of the molecule is Cc1cc(NC(=O)c2cc(Nc3cc(C(F)(F)F)ccc3Cl)ncn2)no1. The number of nitrogens with one attached hydrogen (secondary N) is 2. The Morgan fingerprint density at radius 1 is 1.15 bits per heavy atom. The summed E-state index contributed by atoms with van der Waals surface area (Å²) in [5, 5.41) is 8.81. The standard InChI is InChI=1S/C16H11ClF3N5O2/c1-8-4-14(25-27-8)24-15(26)12-6-13(22-7-21-12)23-11-5-9(16(18,19)20)2-3-10(11)17/h2-7H,1H3,(H,21,22,23)(H,24,25,26). The molecule has 3 rings (SSSR count). The molecule has 0 fully saturated rings. The molecule has 3 aromatic rings. The number of aryl methyl sites for hydroxylation is 1. The average molecular weight is 398 g/mol. The van der Waals surface area contributed by atoms with Crippen molar-refractivity contribution in [3.63, 3.8) is 0 Å². The first-order valence-corrected chi connectivity index (χ1v) is 7.80. The summed E-state index contributed by atoms with van der Waals surface area (Å²) < 4.78 is 43.4. The van der Waals surface area contributed by atoms with Crippen LogP contribution in [0.15, 0.2) is 41.2 Å². The normalized spacial score (nSPS) is 11.3. The number of nitrogens with zero attached hydrogens (tertiary/aromatic N) is 3. The molecule has 140 valence electrons. The largest absolute Gasteiger partial charge is 0.416 e. The quantitative estimate of drug-likeness (QED) is 0.676. The van der Waals surface area contributed by atoms with E-state index in [0.717, 1.165) is 24.5 Å². The molecule has 1 aromatic carbocycles. The van der Waals surface area contributed by atoms with E-state index in [2.05, 4.69) is 25.8 Å². The highest BCUT2D eigenvalue weighted by atomic mass is 35.5. The molecule has 0 spiro atoms. The Kier molecular flexibility index (Phi) is 5.00. The fourth-order valence-corrected chi connectivity index (χ4v) is 2.26. The lowest BCUT2D eigenvalue weighted by Gasteiger charge is -2.12. The molecule has 0 radical (unpaired) electrons. The lowest BCUT2D eigenvalue weighted by molar-refractivity contribution is -0.137. The van der Waals surface area contributed by atoms with Crippen molar-refractivity contribution in [3.05, 3.63) is 58.7 Å². The van der Waals surface area contributed by atoms with Gasteiger partial charge in [-0.3, -0.25) is 4.79 Å². The first-order chi connectivity index (χ1) is 12.7. The van der Waals surface area contributed by atoms with Gasteiger partial charge in [0, 0.05) is 12.1 Å². The molecule has 0 aliphatic heterocycles. The van der Waals surface area contributed by atoms with Crippen molar-refractivity contribution >= 4 is 34.8 Å². The number of aromatic nitrogens is 3. The van der Waals surface area contributed by atoms with Crippen molar-refractivity contribution in [1.82, 2.24) is 15.1 Å². The third-order valence-electron chi connectivity index (χ3n) is 3.33. The van der Waals surface area contributed by atoms with E-state index >= 15 is 0 Å². The van der Waals surface area contributed by atoms with E-state index in [1.165, 1.54) is 12.1 Å². The minimum Gasteiger partial charge on any atom is -0.360 e. The van der Waals surface area contributed by atoms with Crippen molar-refractivity contribution in [1.29, 1.82) is 0 Å². The van der Waals surface area contributed by atoms with Crippen LogP contribution in [0.3, 0.4) is 0 Å². The Labute approximate surface area is 155 Å². The van der Waals surface area contributed by atoms with Crippen LogP contribution in [-0.2, 0) is 6.18 Å². The summed E-state index contributed by atoms with van der Waals surface area (Å²) in [6, 6.07) is 5.61. The summed E-state index contributed by atoms with van der Waals surface area (Å²) in [5.41, 5.74) is -0.914. The first kappa shape index (κ1) is 18.6. The molecule has 0 saturated carbocycles. The second kappa shape index (κ2) is 7.23. The average Bonchev–Trinajstić information content (AvgIpc) is 3.01. The third kappa shape index (κ3) is 4.53. The van der Waals surface area contributed by atoms with Gasteiger partial charge in [-0.05, 0) is 25.1 Å². The maximum atomic E-state index is 12.9. The van der Waals surface area contributed by atoms with Gasteiger partial charge in [-0.1, -0.05) is 16.8 Å². The van der Waals surface area contributed by atoms with Crippen molar-refractivity contribution in [2.45, 2.75) is 13.1 Å². The summed E-state index contributed by atoms with van der Waals surface area (Å²) in [7, 11) is 0. The van der Waals surface area contributed by atoms with Gasteiger partial charge in [0.15, 0.2) is 5.82 Å². The summed E-state index contributed by atoms with van der Waals surface area (Å²) in [6.45, 7) is 1.66. The van der Waals surface area contributed by atoms with Crippen molar-refractivity contribution in [2.24, 2.45) is 0 Å². The molecule has 0 saturated heterocycles. The Morgan fingerprint density at radius 3 is 2.59 bits per heavy atom. The number of hydrogen-bond acceptors (Lipinski definition) is 6. The van der Waals surface area contributed by atoms with Crippen LogP contribution < -0.4 is 10.6 Å². The van der Waals surface area contributed by atoms with Gasteiger partial charge in [0.05, 0.1) is 16.3 Å². The predicted octanol–water partition coefficient (Wildman–Crippen LogP) is 4.44. The maximum absolute atomic E-state index is 12.9. The molecule has 11 heteroatoms. The van der Waals surface area contributed by atoms with Gasteiger partial charge in [0.1, 0.15) is 23.6 Å².